The van der Waals surface area contributed by atoms with Gasteiger partial charge in [0.05, 0.1) is 22.8 Å². The maximum absolute atomic E-state index is 12.8. The number of rotatable bonds is 2. The molecule has 0 fully saturated rings. The first kappa shape index (κ1) is 17.7. The molecular formula is C14H9F6N3O. The Bertz CT molecular complexity index is 729. The van der Waals surface area contributed by atoms with E-state index in [-0.39, 0.29) is 5.69 Å². The number of alkyl halides is 6. The average molecular weight is 349 g/mol. The van der Waals surface area contributed by atoms with Crippen molar-refractivity contribution in [2.75, 3.05) is 5.32 Å². The van der Waals surface area contributed by atoms with E-state index in [1.807, 2.05) is 0 Å². The lowest BCUT2D eigenvalue weighted by molar-refractivity contribution is -0.137. The van der Waals surface area contributed by atoms with Crippen molar-refractivity contribution in [2.45, 2.75) is 24.8 Å². The molecule has 1 atom stereocenters. The quantitative estimate of drug-likeness (QED) is 0.805. The van der Waals surface area contributed by atoms with Crippen LogP contribution in [0, 0.1) is 11.3 Å². The Kier molecular flexibility index (Phi) is 4.46. The minimum atomic E-state index is -4.80. The van der Waals surface area contributed by atoms with Crippen molar-refractivity contribution in [2.24, 2.45) is 0 Å². The zero-order valence-corrected chi connectivity index (χ0v) is 11.7. The molecule has 0 aromatic heterocycles. The molecular weight excluding hydrogens is 340 g/mol. The van der Waals surface area contributed by atoms with Gasteiger partial charge in [-0.1, -0.05) is 0 Å². The summed E-state index contributed by atoms with van der Waals surface area (Å²) in [6.45, 7) is 0. The van der Waals surface area contributed by atoms with Crippen molar-refractivity contribution in [3.8, 4) is 6.07 Å². The molecule has 1 aromatic carbocycles. The van der Waals surface area contributed by atoms with Gasteiger partial charge in [0.25, 0.3) is 0 Å². The SMILES string of the molecule is N#Cc1ccc(NC(=O)C2CC(C(F)(F)F)=CN2)cc1C(F)(F)F. The first-order valence-corrected chi connectivity index (χ1v) is 6.47. The molecule has 0 spiro atoms. The molecule has 24 heavy (non-hydrogen) atoms. The molecule has 4 nitrogen and oxygen atoms in total. The number of amides is 1. The van der Waals surface area contributed by atoms with Crippen LogP contribution in [0.2, 0.25) is 0 Å². The fraction of sp³-hybridized carbons (Fsp3) is 0.286. The van der Waals surface area contributed by atoms with Crippen molar-refractivity contribution in [3.05, 3.63) is 41.1 Å². The lowest BCUT2D eigenvalue weighted by Crippen LogP contribution is -2.35. The Morgan fingerprint density at radius 2 is 1.88 bits per heavy atom. The number of carbonyl (C=O) groups excluding carboxylic acids is 1. The van der Waals surface area contributed by atoms with E-state index in [2.05, 4.69) is 10.6 Å². The molecule has 0 saturated carbocycles. The Morgan fingerprint density at radius 1 is 1.21 bits per heavy atom. The number of carbonyl (C=O) groups is 1. The second-order valence-corrected chi connectivity index (χ2v) is 4.95. The summed E-state index contributed by atoms with van der Waals surface area (Å²) in [5.41, 5.74) is -3.07. The van der Waals surface area contributed by atoms with Gasteiger partial charge >= 0.3 is 12.4 Å². The minimum Gasteiger partial charge on any atom is -0.379 e. The van der Waals surface area contributed by atoms with Gasteiger partial charge in [-0.3, -0.25) is 4.79 Å². The molecule has 1 unspecified atom stereocenters. The third kappa shape index (κ3) is 3.79. The number of nitrogens with one attached hydrogen (secondary N) is 2. The third-order valence-electron chi connectivity index (χ3n) is 3.28. The smallest absolute Gasteiger partial charge is 0.379 e. The van der Waals surface area contributed by atoms with E-state index in [1.54, 1.807) is 0 Å². The van der Waals surface area contributed by atoms with E-state index in [1.165, 1.54) is 6.07 Å². The number of hydrogen-bond acceptors (Lipinski definition) is 3. The molecule has 0 radical (unpaired) electrons. The van der Waals surface area contributed by atoms with Crippen LogP contribution in [-0.2, 0) is 11.0 Å². The Labute approximate surface area is 131 Å². The zero-order chi connectivity index (χ0) is 18.1. The molecule has 1 aliphatic heterocycles. The highest BCUT2D eigenvalue weighted by atomic mass is 19.4. The number of nitrogens with zero attached hydrogens (tertiary/aromatic N) is 1. The van der Waals surface area contributed by atoms with E-state index in [0.717, 1.165) is 12.1 Å². The summed E-state index contributed by atoms with van der Waals surface area (Å²) >= 11 is 0. The minimum absolute atomic E-state index is 0.270. The van der Waals surface area contributed by atoms with Gasteiger partial charge in [-0.25, -0.2) is 0 Å². The van der Waals surface area contributed by atoms with E-state index in [0.29, 0.717) is 12.3 Å². The van der Waals surface area contributed by atoms with Crippen LogP contribution in [0.1, 0.15) is 17.5 Å². The van der Waals surface area contributed by atoms with Crippen LogP contribution >= 0.6 is 0 Å². The van der Waals surface area contributed by atoms with Crippen LogP contribution in [0.4, 0.5) is 32.0 Å². The van der Waals surface area contributed by atoms with Crippen LogP contribution in [0.25, 0.3) is 0 Å². The fourth-order valence-electron chi connectivity index (χ4n) is 2.09. The monoisotopic (exact) mass is 349 g/mol. The van der Waals surface area contributed by atoms with Crippen LogP contribution < -0.4 is 10.6 Å². The van der Waals surface area contributed by atoms with E-state index < -0.39 is 47.4 Å². The van der Waals surface area contributed by atoms with E-state index in [4.69, 9.17) is 5.26 Å². The van der Waals surface area contributed by atoms with Crippen molar-refractivity contribution >= 4 is 11.6 Å². The van der Waals surface area contributed by atoms with Gasteiger partial charge in [0.2, 0.25) is 5.91 Å². The predicted octanol–water partition coefficient (Wildman–Crippen LogP) is 3.32. The maximum atomic E-state index is 12.8. The Hall–Kier alpha value is -2.70. The normalized spacial score (nSPS) is 17.7. The molecule has 0 saturated heterocycles. The summed E-state index contributed by atoms with van der Waals surface area (Å²) in [6, 6.07) is 2.64. The van der Waals surface area contributed by atoms with Crippen molar-refractivity contribution in [1.29, 1.82) is 5.26 Å². The lowest BCUT2D eigenvalue weighted by atomic mass is 10.1. The highest BCUT2D eigenvalue weighted by molar-refractivity contribution is 5.95. The van der Waals surface area contributed by atoms with Crippen molar-refractivity contribution < 1.29 is 31.1 Å². The van der Waals surface area contributed by atoms with Crippen LogP contribution in [0.3, 0.4) is 0 Å². The van der Waals surface area contributed by atoms with Crippen LogP contribution in [0.15, 0.2) is 30.0 Å². The topological polar surface area (TPSA) is 64.9 Å². The number of nitriles is 1. The van der Waals surface area contributed by atoms with Crippen molar-refractivity contribution in [3.63, 3.8) is 0 Å². The molecule has 0 aliphatic carbocycles. The summed E-state index contributed by atoms with van der Waals surface area (Å²) < 4.78 is 76.0. The molecule has 10 heteroatoms. The largest absolute Gasteiger partial charge is 0.417 e. The Balaban J connectivity index is 2.13. The van der Waals surface area contributed by atoms with Crippen LogP contribution in [-0.4, -0.2) is 18.1 Å². The fourth-order valence-corrected chi connectivity index (χ4v) is 2.09. The first-order chi connectivity index (χ1) is 11.0. The van der Waals surface area contributed by atoms with Gasteiger partial charge < -0.3 is 10.6 Å². The summed E-state index contributed by atoms with van der Waals surface area (Å²) in [5.74, 6) is -0.914. The van der Waals surface area contributed by atoms with Crippen molar-refractivity contribution in [1.82, 2.24) is 5.32 Å². The highest BCUT2D eigenvalue weighted by Crippen LogP contribution is 2.34. The standard InChI is InChI=1S/C14H9F6N3O/c15-13(16,17)8-3-11(22-6-8)12(24)23-9-2-1-7(5-21)10(4-9)14(18,19)20/h1-2,4,6,11,22H,3H2,(H,23,24). The second-order valence-electron chi connectivity index (χ2n) is 4.95. The second kappa shape index (κ2) is 6.07. The van der Waals surface area contributed by atoms with Gasteiger partial charge in [-0.15, -0.1) is 0 Å². The van der Waals surface area contributed by atoms with Gasteiger partial charge in [0, 0.05) is 18.3 Å². The molecule has 1 heterocycles. The molecule has 1 amide bonds. The molecule has 0 bridgehead atoms. The van der Waals surface area contributed by atoms with Crippen LogP contribution in [0.5, 0.6) is 0 Å². The molecule has 1 aliphatic rings. The number of anilines is 1. The summed E-state index contributed by atoms with van der Waals surface area (Å²) in [6.07, 6.45) is -9.36. The maximum Gasteiger partial charge on any atom is 0.417 e. The van der Waals surface area contributed by atoms with E-state index in [9.17, 15) is 31.1 Å². The first-order valence-electron chi connectivity index (χ1n) is 6.47. The van der Waals surface area contributed by atoms with Gasteiger partial charge in [0.1, 0.15) is 6.04 Å². The summed E-state index contributed by atoms with van der Waals surface area (Å²) in [7, 11) is 0. The molecule has 1 aromatic rings. The summed E-state index contributed by atoms with van der Waals surface area (Å²) in [4.78, 5) is 11.9. The predicted molar refractivity (Wildman–Crippen MR) is 70.5 cm³/mol. The molecule has 2 N–H and O–H groups in total. The highest BCUT2D eigenvalue weighted by Gasteiger charge is 2.40. The van der Waals surface area contributed by atoms with E-state index >= 15 is 0 Å². The van der Waals surface area contributed by atoms with Gasteiger partial charge in [-0.05, 0) is 18.2 Å². The number of halogens is 6. The number of hydrogen-bond donors (Lipinski definition) is 2. The Morgan fingerprint density at radius 3 is 2.38 bits per heavy atom. The summed E-state index contributed by atoms with van der Waals surface area (Å²) in [5, 5.41) is 13.0. The lowest BCUT2D eigenvalue weighted by Gasteiger charge is -2.15. The van der Waals surface area contributed by atoms with Gasteiger partial charge in [0.15, 0.2) is 0 Å². The van der Waals surface area contributed by atoms with Gasteiger partial charge in [-0.2, -0.15) is 31.6 Å². The number of benzene rings is 1. The molecule has 128 valence electrons. The molecule has 2 rings (SSSR count). The third-order valence-corrected chi connectivity index (χ3v) is 3.28. The average Bonchev–Trinajstić information content (AvgIpc) is 2.96. The zero-order valence-electron chi connectivity index (χ0n) is 11.7.